The number of aromatic hydroxyl groups is 1. The van der Waals surface area contributed by atoms with Crippen molar-refractivity contribution in [2.75, 3.05) is 0 Å². The van der Waals surface area contributed by atoms with Crippen molar-refractivity contribution < 1.29 is 5.11 Å². The van der Waals surface area contributed by atoms with Gasteiger partial charge in [0.1, 0.15) is 5.75 Å². The van der Waals surface area contributed by atoms with Gasteiger partial charge in [-0.3, -0.25) is 0 Å². The van der Waals surface area contributed by atoms with Crippen LogP contribution in [0, 0.1) is 6.92 Å². The average molecular weight is 226 g/mol. The van der Waals surface area contributed by atoms with Crippen LogP contribution in [0.4, 0.5) is 0 Å². The van der Waals surface area contributed by atoms with Crippen molar-refractivity contribution in [3.05, 3.63) is 53.6 Å². The molecule has 0 fully saturated rings. The van der Waals surface area contributed by atoms with Crippen LogP contribution in [-0.4, -0.2) is 5.11 Å². The second-order valence-corrected chi connectivity index (χ2v) is 4.42. The van der Waals surface area contributed by atoms with Gasteiger partial charge >= 0.3 is 0 Å². The summed E-state index contributed by atoms with van der Waals surface area (Å²) >= 11 is 0. The summed E-state index contributed by atoms with van der Waals surface area (Å²) in [4.78, 5) is 0. The minimum absolute atomic E-state index is 0.408. The third kappa shape index (κ3) is 2.50. The SMILES string of the molecule is CCCc1c(O)cccc1-c1cccc(C)c1. The number of hydrogen-bond acceptors (Lipinski definition) is 1. The molecule has 0 saturated carbocycles. The van der Waals surface area contributed by atoms with E-state index in [-0.39, 0.29) is 0 Å². The number of rotatable bonds is 3. The summed E-state index contributed by atoms with van der Waals surface area (Å²) in [5, 5.41) is 9.95. The number of benzene rings is 2. The van der Waals surface area contributed by atoms with E-state index >= 15 is 0 Å². The molecule has 1 heteroatoms. The van der Waals surface area contributed by atoms with Gasteiger partial charge in [0.05, 0.1) is 0 Å². The molecule has 2 aromatic carbocycles. The summed E-state index contributed by atoms with van der Waals surface area (Å²) in [6.07, 6.45) is 1.95. The van der Waals surface area contributed by atoms with Gasteiger partial charge in [-0.05, 0) is 30.5 Å². The van der Waals surface area contributed by atoms with Crippen molar-refractivity contribution >= 4 is 0 Å². The lowest BCUT2D eigenvalue weighted by molar-refractivity contribution is 0.468. The Hall–Kier alpha value is -1.76. The monoisotopic (exact) mass is 226 g/mol. The molecule has 1 N–H and O–H groups in total. The van der Waals surface area contributed by atoms with Crippen LogP contribution in [0.3, 0.4) is 0 Å². The fraction of sp³-hybridized carbons (Fsp3) is 0.250. The van der Waals surface area contributed by atoms with Gasteiger partial charge in [-0.25, -0.2) is 0 Å². The maximum atomic E-state index is 9.95. The number of phenols is 1. The van der Waals surface area contributed by atoms with Crippen molar-refractivity contribution in [1.82, 2.24) is 0 Å². The Morgan fingerprint density at radius 1 is 1.06 bits per heavy atom. The molecule has 88 valence electrons. The average Bonchev–Trinajstić information content (AvgIpc) is 2.32. The summed E-state index contributed by atoms with van der Waals surface area (Å²) in [6, 6.07) is 14.2. The predicted octanol–water partition coefficient (Wildman–Crippen LogP) is 4.32. The molecule has 0 bridgehead atoms. The maximum Gasteiger partial charge on any atom is 0.119 e. The summed E-state index contributed by atoms with van der Waals surface area (Å²) < 4.78 is 0. The normalized spacial score (nSPS) is 10.5. The van der Waals surface area contributed by atoms with Gasteiger partial charge in [-0.15, -0.1) is 0 Å². The number of phenolic OH excluding ortho intramolecular Hbond substituents is 1. The molecule has 0 radical (unpaired) electrons. The maximum absolute atomic E-state index is 9.95. The Labute approximate surface area is 103 Å². The molecule has 0 aliphatic heterocycles. The molecule has 1 nitrogen and oxygen atoms in total. The Balaban J connectivity index is 2.54. The van der Waals surface area contributed by atoms with Crippen LogP contribution in [0.1, 0.15) is 24.5 Å². The summed E-state index contributed by atoms with van der Waals surface area (Å²) in [5.74, 6) is 0.408. The lowest BCUT2D eigenvalue weighted by Gasteiger charge is -2.11. The third-order valence-corrected chi connectivity index (χ3v) is 2.98. The Morgan fingerprint density at radius 2 is 1.82 bits per heavy atom. The molecule has 2 aromatic rings. The molecule has 0 heterocycles. The van der Waals surface area contributed by atoms with E-state index < -0.39 is 0 Å². The number of aryl methyl sites for hydroxylation is 1. The van der Waals surface area contributed by atoms with Crippen LogP contribution in [0.2, 0.25) is 0 Å². The highest BCUT2D eigenvalue weighted by molar-refractivity contribution is 5.70. The van der Waals surface area contributed by atoms with E-state index in [4.69, 9.17) is 0 Å². The fourth-order valence-corrected chi connectivity index (χ4v) is 2.17. The van der Waals surface area contributed by atoms with Crippen LogP contribution in [0.15, 0.2) is 42.5 Å². The molecule has 2 rings (SSSR count). The van der Waals surface area contributed by atoms with Crippen molar-refractivity contribution in [3.63, 3.8) is 0 Å². The van der Waals surface area contributed by atoms with Gasteiger partial charge in [-0.2, -0.15) is 0 Å². The van der Waals surface area contributed by atoms with E-state index in [1.807, 2.05) is 6.07 Å². The van der Waals surface area contributed by atoms with E-state index in [2.05, 4.69) is 44.2 Å². The minimum Gasteiger partial charge on any atom is -0.508 e. The molecule has 0 unspecified atom stereocenters. The summed E-state index contributed by atoms with van der Waals surface area (Å²) in [5.41, 5.74) is 4.63. The van der Waals surface area contributed by atoms with Crippen molar-refractivity contribution in [1.29, 1.82) is 0 Å². The van der Waals surface area contributed by atoms with E-state index in [0.717, 1.165) is 24.0 Å². The van der Waals surface area contributed by atoms with E-state index in [1.165, 1.54) is 11.1 Å². The highest BCUT2D eigenvalue weighted by Gasteiger charge is 2.08. The van der Waals surface area contributed by atoms with Crippen LogP contribution in [-0.2, 0) is 6.42 Å². The van der Waals surface area contributed by atoms with E-state index in [1.54, 1.807) is 6.07 Å². The largest absolute Gasteiger partial charge is 0.508 e. The third-order valence-electron chi connectivity index (χ3n) is 2.98. The highest BCUT2D eigenvalue weighted by atomic mass is 16.3. The van der Waals surface area contributed by atoms with Crippen LogP contribution >= 0.6 is 0 Å². The molecule has 0 spiro atoms. The van der Waals surface area contributed by atoms with Crippen LogP contribution in [0.25, 0.3) is 11.1 Å². The molecular weight excluding hydrogens is 208 g/mol. The molecule has 0 aliphatic carbocycles. The first kappa shape index (κ1) is 11.7. The van der Waals surface area contributed by atoms with Gasteiger partial charge in [0.15, 0.2) is 0 Å². The van der Waals surface area contributed by atoms with E-state index in [0.29, 0.717) is 5.75 Å². The zero-order valence-corrected chi connectivity index (χ0v) is 10.4. The fourth-order valence-electron chi connectivity index (χ4n) is 2.17. The second-order valence-electron chi connectivity index (χ2n) is 4.42. The highest BCUT2D eigenvalue weighted by Crippen LogP contribution is 2.31. The van der Waals surface area contributed by atoms with Gasteiger partial charge in [0.2, 0.25) is 0 Å². The van der Waals surface area contributed by atoms with E-state index in [9.17, 15) is 5.11 Å². The van der Waals surface area contributed by atoms with Gasteiger partial charge < -0.3 is 5.11 Å². The standard InChI is InChI=1S/C16H18O/c1-3-6-15-14(9-5-10-16(15)17)13-8-4-7-12(2)11-13/h4-5,7-11,17H,3,6H2,1-2H3. The lowest BCUT2D eigenvalue weighted by Crippen LogP contribution is -1.90. The smallest absolute Gasteiger partial charge is 0.119 e. The molecule has 0 aliphatic rings. The van der Waals surface area contributed by atoms with Gasteiger partial charge in [0.25, 0.3) is 0 Å². The second kappa shape index (κ2) is 5.05. The molecule has 0 atom stereocenters. The summed E-state index contributed by atoms with van der Waals surface area (Å²) in [7, 11) is 0. The molecule has 17 heavy (non-hydrogen) atoms. The molecule has 0 amide bonds. The zero-order chi connectivity index (χ0) is 12.3. The van der Waals surface area contributed by atoms with Crippen molar-refractivity contribution in [2.45, 2.75) is 26.7 Å². The zero-order valence-electron chi connectivity index (χ0n) is 10.4. The first-order valence-corrected chi connectivity index (χ1v) is 6.10. The Kier molecular flexibility index (Phi) is 3.48. The Bertz CT molecular complexity index is 515. The topological polar surface area (TPSA) is 20.2 Å². The van der Waals surface area contributed by atoms with Gasteiger partial charge in [-0.1, -0.05) is 55.3 Å². The van der Waals surface area contributed by atoms with Gasteiger partial charge in [0, 0.05) is 5.56 Å². The Morgan fingerprint density at radius 3 is 2.53 bits per heavy atom. The number of hydrogen-bond donors (Lipinski definition) is 1. The van der Waals surface area contributed by atoms with Crippen molar-refractivity contribution in [3.8, 4) is 16.9 Å². The molecular formula is C16H18O. The van der Waals surface area contributed by atoms with Crippen molar-refractivity contribution in [2.24, 2.45) is 0 Å². The predicted molar refractivity (Wildman–Crippen MR) is 72.3 cm³/mol. The minimum atomic E-state index is 0.408. The summed E-state index contributed by atoms with van der Waals surface area (Å²) in [6.45, 7) is 4.22. The van der Waals surface area contributed by atoms with Crippen LogP contribution < -0.4 is 0 Å². The first-order chi connectivity index (χ1) is 8.22. The lowest BCUT2D eigenvalue weighted by atomic mass is 9.95. The first-order valence-electron chi connectivity index (χ1n) is 6.10. The quantitative estimate of drug-likeness (QED) is 0.826. The molecule has 0 saturated heterocycles. The van der Waals surface area contributed by atoms with Crippen LogP contribution in [0.5, 0.6) is 5.75 Å². The molecule has 0 aromatic heterocycles.